The summed E-state index contributed by atoms with van der Waals surface area (Å²) in [4.78, 5) is 8.64. The minimum Gasteiger partial charge on any atom is -0.494 e. The van der Waals surface area contributed by atoms with Crippen molar-refractivity contribution in [2.75, 3.05) is 6.61 Å². The van der Waals surface area contributed by atoms with Gasteiger partial charge < -0.3 is 4.74 Å². The van der Waals surface area contributed by atoms with Crippen LogP contribution in [0.1, 0.15) is 17.6 Å². The molecule has 0 aliphatic heterocycles. The highest BCUT2D eigenvalue weighted by molar-refractivity contribution is 7.98. The van der Waals surface area contributed by atoms with Crippen molar-refractivity contribution >= 4 is 23.1 Å². The van der Waals surface area contributed by atoms with Crippen molar-refractivity contribution in [2.24, 2.45) is 0 Å². The first-order valence-electron chi connectivity index (χ1n) is 8.87. The van der Waals surface area contributed by atoms with Crippen LogP contribution in [0, 0.1) is 6.92 Å². The third-order valence-corrected chi connectivity index (χ3v) is 5.78. The van der Waals surface area contributed by atoms with Gasteiger partial charge in [-0.1, -0.05) is 11.8 Å². The van der Waals surface area contributed by atoms with E-state index in [0.717, 1.165) is 44.4 Å². The van der Waals surface area contributed by atoms with Crippen molar-refractivity contribution in [3.63, 3.8) is 0 Å². The number of thioether (sulfide) groups is 1. The van der Waals surface area contributed by atoms with Crippen molar-refractivity contribution in [3.8, 4) is 22.8 Å². The minimum absolute atomic E-state index is 0.641. The van der Waals surface area contributed by atoms with Crippen LogP contribution in [-0.4, -0.2) is 31.3 Å². The average Bonchev–Trinajstić information content (AvgIpc) is 3.34. The van der Waals surface area contributed by atoms with E-state index >= 15 is 0 Å². The fraction of sp³-hybridized carbons (Fsp3) is 0.200. The molecule has 142 valence electrons. The molecular formula is C20H19N5OS2. The van der Waals surface area contributed by atoms with Crippen molar-refractivity contribution in [1.82, 2.24) is 24.7 Å². The van der Waals surface area contributed by atoms with Gasteiger partial charge in [0.15, 0.2) is 11.0 Å². The van der Waals surface area contributed by atoms with E-state index in [0.29, 0.717) is 6.61 Å². The molecule has 0 saturated carbocycles. The second-order valence-electron chi connectivity index (χ2n) is 5.95. The number of ether oxygens (including phenoxy) is 1. The molecule has 0 bridgehead atoms. The Bertz CT molecular complexity index is 1040. The SMILES string of the molecule is CCOc1ccc(-n2c(SCc3csc(C)n3)nnc2-c2ccncc2)cc1. The van der Waals surface area contributed by atoms with Gasteiger partial charge in [0.25, 0.3) is 0 Å². The Morgan fingerprint density at radius 3 is 2.54 bits per heavy atom. The number of hydrogen-bond acceptors (Lipinski definition) is 7. The van der Waals surface area contributed by atoms with Gasteiger partial charge >= 0.3 is 0 Å². The van der Waals surface area contributed by atoms with Gasteiger partial charge in [-0.05, 0) is 50.2 Å². The molecule has 3 heterocycles. The van der Waals surface area contributed by atoms with Crippen LogP contribution in [0.5, 0.6) is 5.75 Å². The van der Waals surface area contributed by atoms with Gasteiger partial charge in [0, 0.05) is 34.8 Å². The number of hydrogen-bond donors (Lipinski definition) is 0. The lowest BCUT2D eigenvalue weighted by molar-refractivity contribution is 0.340. The Labute approximate surface area is 171 Å². The molecule has 0 atom stereocenters. The van der Waals surface area contributed by atoms with Gasteiger partial charge in [-0.3, -0.25) is 9.55 Å². The van der Waals surface area contributed by atoms with E-state index in [1.807, 2.05) is 50.2 Å². The molecule has 0 amide bonds. The monoisotopic (exact) mass is 409 g/mol. The zero-order valence-corrected chi connectivity index (χ0v) is 17.2. The van der Waals surface area contributed by atoms with Crippen molar-refractivity contribution < 1.29 is 4.74 Å². The number of thiazole rings is 1. The van der Waals surface area contributed by atoms with Crippen LogP contribution in [0.2, 0.25) is 0 Å². The Balaban J connectivity index is 1.70. The number of benzene rings is 1. The summed E-state index contributed by atoms with van der Waals surface area (Å²) >= 11 is 3.29. The van der Waals surface area contributed by atoms with Gasteiger partial charge in [-0.15, -0.1) is 21.5 Å². The molecule has 0 fully saturated rings. The molecule has 0 spiro atoms. The highest BCUT2D eigenvalue weighted by Gasteiger charge is 2.17. The molecule has 0 aliphatic rings. The van der Waals surface area contributed by atoms with Crippen LogP contribution in [0.25, 0.3) is 17.1 Å². The van der Waals surface area contributed by atoms with Gasteiger partial charge in [0.05, 0.1) is 17.3 Å². The normalized spacial score (nSPS) is 10.9. The number of nitrogens with zero attached hydrogens (tertiary/aromatic N) is 5. The van der Waals surface area contributed by atoms with Crippen LogP contribution >= 0.6 is 23.1 Å². The van der Waals surface area contributed by atoms with Gasteiger partial charge in [0.2, 0.25) is 0 Å². The molecule has 8 heteroatoms. The quantitative estimate of drug-likeness (QED) is 0.409. The third-order valence-electron chi connectivity index (χ3n) is 3.99. The first-order chi connectivity index (χ1) is 13.7. The van der Waals surface area contributed by atoms with Crippen LogP contribution in [-0.2, 0) is 5.75 Å². The molecule has 0 saturated heterocycles. The summed E-state index contributed by atoms with van der Waals surface area (Å²) in [5, 5.41) is 12.9. The fourth-order valence-corrected chi connectivity index (χ4v) is 4.32. The highest BCUT2D eigenvalue weighted by atomic mass is 32.2. The molecule has 6 nitrogen and oxygen atoms in total. The van der Waals surface area contributed by atoms with E-state index in [1.54, 1.807) is 35.5 Å². The number of aryl methyl sites for hydroxylation is 1. The second kappa shape index (κ2) is 8.53. The smallest absolute Gasteiger partial charge is 0.196 e. The molecule has 0 N–H and O–H groups in total. The van der Waals surface area contributed by atoms with E-state index in [-0.39, 0.29) is 0 Å². The van der Waals surface area contributed by atoms with Crippen molar-refractivity contribution in [1.29, 1.82) is 0 Å². The van der Waals surface area contributed by atoms with E-state index in [4.69, 9.17) is 4.74 Å². The average molecular weight is 410 g/mol. The zero-order chi connectivity index (χ0) is 19.3. The maximum atomic E-state index is 5.57. The lowest BCUT2D eigenvalue weighted by atomic mass is 10.2. The van der Waals surface area contributed by atoms with Crippen LogP contribution < -0.4 is 4.74 Å². The highest BCUT2D eigenvalue weighted by Crippen LogP contribution is 2.30. The second-order valence-corrected chi connectivity index (χ2v) is 7.96. The van der Waals surface area contributed by atoms with Gasteiger partial charge in [-0.2, -0.15) is 0 Å². The summed E-state index contributed by atoms with van der Waals surface area (Å²) < 4.78 is 7.63. The Morgan fingerprint density at radius 1 is 1.07 bits per heavy atom. The Morgan fingerprint density at radius 2 is 1.86 bits per heavy atom. The minimum atomic E-state index is 0.641. The largest absolute Gasteiger partial charge is 0.494 e. The van der Waals surface area contributed by atoms with Crippen LogP contribution in [0.15, 0.2) is 59.3 Å². The van der Waals surface area contributed by atoms with E-state index in [9.17, 15) is 0 Å². The zero-order valence-electron chi connectivity index (χ0n) is 15.6. The summed E-state index contributed by atoms with van der Waals surface area (Å²) in [5.41, 5.74) is 3.00. The molecule has 1 aromatic carbocycles. The van der Waals surface area contributed by atoms with Gasteiger partial charge in [-0.25, -0.2) is 4.98 Å². The number of pyridine rings is 1. The third kappa shape index (κ3) is 4.07. The predicted octanol–water partition coefficient (Wildman–Crippen LogP) is 4.79. The first-order valence-corrected chi connectivity index (χ1v) is 10.7. The molecular weight excluding hydrogens is 390 g/mol. The lowest BCUT2D eigenvalue weighted by Gasteiger charge is -2.11. The molecule has 4 rings (SSSR count). The molecule has 28 heavy (non-hydrogen) atoms. The predicted molar refractivity (Wildman–Crippen MR) is 112 cm³/mol. The Kier molecular flexibility index (Phi) is 5.68. The maximum absolute atomic E-state index is 5.57. The molecule has 0 aliphatic carbocycles. The van der Waals surface area contributed by atoms with E-state index < -0.39 is 0 Å². The molecule has 4 aromatic rings. The summed E-state index contributed by atoms with van der Waals surface area (Å²) in [6.45, 7) is 4.63. The van der Waals surface area contributed by atoms with Crippen LogP contribution in [0.4, 0.5) is 0 Å². The molecule has 0 radical (unpaired) electrons. The topological polar surface area (TPSA) is 65.7 Å². The number of aromatic nitrogens is 5. The molecule has 3 aromatic heterocycles. The maximum Gasteiger partial charge on any atom is 0.196 e. The summed E-state index contributed by atoms with van der Waals surface area (Å²) in [7, 11) is 0. The van der Waals surface area contributed by atoms with Crippen LogP contribution in [0.3, 0.4) is 0 Å². The van der Waals surface area contributed by atoms with E-state index in [1.165, 1.54) is 0 Å². The van der Waals surface area contributed by atoms with E-state index in [2.05, 4.69) is 30.1 Å². The number of rotatable bonds is 7. The van der Waals surface area contributed by atoms with Crippen molar-refractivity contribution in [3.05, 3.63) is 64.9 Å². The fourth-order valence-electron chi connectivity index (χ4n) is 2.76. The van der Waals surface area contributed by atoms with Crippen molar-refractivity contribution in [2.45, 2.75) is 24.8 Å². The van der Waals surface area contributed by atoms with Gasteiger partial charge in [0.1, 0.15) is 5.75 Å². The standard InChI is InChI=1S/C20H19N5OS2/c1-3-26-18-6-4-17(5-7-18)25-19(15-8-10-21-11-9-15)23-24-20(25)28-13-16-12-27-14(2)22-16/h4-12H,3,13H2,1-2H3. The lowest BCUT2D eigenvalue weighted by Crippen LogP contribution is -2.00. The summed E-state index contributed by atoms with van der Waals surface area (Å²) in [5.74, 6) is 2.37. The summed E-state index contributed by atoms with van der Waals surface area (Å²) in [6.07, 6.45) is 3.52. The molecule has 0 unspecified atom stereocenters. The summed E-state index contributed by atoms with van der Waals surface area (Å²) in [6, 6.07) is 11.9. The Hall–Kier alpha value is -2.71. The first kappa shape index (κ1) is 18.6.